The first-order chi connectivity index (χ1) is 10.5. The Morgan fingerprint density at radius 3 is 2.68 bits per heavy atom. The van der Waals surface area contributed by atoms with Crippen LogP contribution in [-0.2, 0) is 16.1 Å². The molecule has 0 bridgehead atoms. The number of benzene rings is 1. The minimum atomic E-state index is -0.873. The second kappa shape index (κ2) is 6.93. The number of aryl methyl sites for hydroxylation is 1. The molecule has 116 valence electrons. The number of carbonyl (C=O) groups is 2. The van der Waals surface area contributed by atoms with Crippen molar-refractivity contribution in [2.24, 2.45) is 0 Å². The molecular weight excluding hydrogens is 282 g/mol. The molecule has 1 amide bonds. The van der Waals surface area contributed by atoms with E-state index in [2.05, 4.69) is 5.32 Å². The second-order valence-electron chi connectivity index (χ2n) is 5.09. The molecule has 1 aromatic carbocycles. The van der Waals surface area contributed by atoms with Crippen molar-refractivity contribution in [1.29, 1.82) is 0 Å². The van der Waals surface area contributed by atoms with Crippen LogP contribution in [0.3, 0.4) is 0 Å². The predicted molar refractivity (Wildman–Crippen MR) is 81.3 cm³/mol. The molecular formula is C17H19NO4. The zero-order chi connectivity index (χ0) is 16.1. The van der Waals surface area contributed by atoms with E-state index in [0.717, 1.165) is 11.1 Å². The molecule has 0 saturated heterocycles. The third kappa shape index (κ3) is 3.75. The Labute approximate surface area is 129 Å². The van der Waals surface area contributed by atoms with Crippen LogP contribution in [0.2, 0.25) is 0 Å². The number of ether oxygens (including phenoxy) is 1. The minimum Gasteiger partial charge on any atom is -0.467 e. The molecule has 1 aromatic heterocycles. The maximum Gasteiger partial charge on any atom is 0.339 e. The molecule has 0 aliphatic rings. The van der Waals surface area contributed by atoms with Crippen molar-refractivity contribution in [1.82, 2.24) is 5.32 Å². The van der Waals surface area contributed by atoms with Crippen LogP contribution < -0.4 is 5.32 Å². The Balaban J connectivity index is 1.93. The van der Waals surface area contributed by atoms with Gasteiger partial charge in [0.25, 0.3) is 5.91 Å². The summed E-state index contributed by atoms with van der Waals surface area (Å²) >= 11 is 0. The topological polar surface area (TPSA) is 68.5 Å². The molecule has 0 spiro atoms. The van der Waals surface area contributed by atoms with Crippen molar-refractivity contribution in [2.45, 2.75) is 33.4 Å². The van der Waals surface area contributed by atoms with Gasteiger partial charge in [0.05, 0.1) is 18.4 Å². The summed E-state index contributed by atoms with van der Waals surface area (Å²) in [5, 5.41) is 2.66. The molecule has 0 radical (unpaired) electrons. The molecule has 5 heteroatoms. The third-order valence-electron chi connectivity index (χ3n) is 3.49. The SMILES string of the molecule is Cc1cccc(C(=O)OC(C)C(=O)NCc2ccco2)c1C. The van der Waals surface area contributed by atoms with Gasteiger partial charge in [-0.25, -0.2) is 4.79 Å². The van der Waals surface area contributed by atoms with Gasteiger partial charge in [-0.1, -0.05) is 12.1 Å². The molecule has 1 unspecified atom stereocenters. The van der Waals surface area contributed by atoms with Crippen molar-refractivity contribution in [3.63, 3.8) is 0 Å². The van der Waals surface area contributed by atoms with E-state index in [9.17, 15) is 9.59 Å². The van der Waals surface area contributed by atoms with Crippen LogP contribution in [0.4, 0.5) is 0 Å². The standard InChI is InChI=1S/C17H19NO4/c1-11-6-4-8-15(12(11)2)17(20)22-13(3)16(19)18-10-14-7-5-9-21-14/h4-9,13H,10H2,1-3H3,(H,18,19). The Morgan fingerprint density at radius 2 is 2.00 bits per heavy atom. The minimum absolute atomic E-state index is 0.261. The van der Waals surface area contributed by atoms with Crippen LogP contribution in [-0.4, -0.2) is 18.0 Å². The van der Waals surface area contributed by atoms with E-state index in [1.165, 1.54) is 6.26 Å². The van der Waals surface area contributed by atoms with Crippen molar-refractivity contribution >= 4 is 11.9 Å². The number of esters is 1. The first kappa shape index (κ1) is 15.8. The molecule has 0 fully saturated rings. The predicted octanol–water partition coefficient (Wildman–Crippen LogP) is 2.76. The highest BCUT2D eigenvalue weighted by Crippen LogP contribution is 2.14. The van der Waals surface area contributed by atoms with E-state index in [0.29, 0.717) is 11.3 Å². The Morgan fingerprint density at radius 1 is 1.23 bits per heavy atom. The molecule has 2 aromatic rings. The molecule has 0 saturated carbocycles. The number of hydrogen-bond donors (Lipinski definition) is 1. The lowest BCUT2D eigenvalue weighted by Crippen LogP contribution is -2.35. The molecule has 0 aliphatic heterocycles. The highest BCUT2D eigenvalue weighted by molar-refractivity contribution is 5.93. The molecule has 1 N–H and O–H groups in total. The van der Waals surface area contributed by atoms with Gasteiger partial charge in [0.1, 0.15) is 5.76 Å². The van der Waals surface area contributed by atoms with Crippen LogP contribution >= 0.6 is 0 Å². The van der Waals surface area contributed by atoms with Gasteiger partial charge in [0.15, 0.2) is 6.10 Å². The van der Waals surface area contributed by atoms with Gasteiger partial charge in [-0.2, -0.15) is 0 Å². The van der Waals surface area contributed by atoms with E-state index in [4.69, 9.17) is 9.15 Å². The average molecular weight is 301 g/mol. The van der Waals surface area contributed by atoms with Crippen LogP contribution in [0.5, 0.6) is 0 Å². The van der Waals surface area contributed by atoms with Gasteiger partial charge in [-0.15, -0.1) is 0 Å². The zero-order valence-corrected chi connectivity index (χ0v) is 12.9. The van der Waals surface area contributed by atoms with E-state index < -0.39 is 12.1 Å². The summed E-state index contributed by atoms with van der Waals surface area (Å²) in [6.07, 6.45) is 0.660. The fourth-order valence-electron chi connectivity index (χ4n) is 1.98. The summed E-state index contributed by atoms with van der Waals surface area (Å²) in [5.41, 5.74) is 2.34. The lowest BCUT2D eigenvalue weighted by Gasteiger charge is -2.14. The summed E-state index contributed by atoms with van der Waals surface area (Å²) in [7, 11) is 0. The Kier molecular flexibility index (Phi) is 4.99. The highest BCUT2D eigenvalue weighted by atomic mass is 16.5. The Hall–Kier alpha value is -2.56. The van der Waals surface area contributed by atoms with E-state index in [1.54, 1.807) is 31.2 Å². The molecule has 2 rings (SSSR count). The number of nitrogens with one attached hydrogen (secondary N) is 1. The smallest absolute Gasteiger partial charge is 0.339 e. The van der Waals surface area contributed by atoms with Crippen LogP contribution in [0.25, 0.3) is 0 Å². The van der Waals surface area contributed by atoms with Crippen molar-refractivity contribution in [2.75, 3.05) is 0 Å². The van der Waals surface area contributed by atoms with Crippen LogP contribution in [0.15, 0.2) is 41.0 Å². The summed E-state index contributed by atoms with van der Waals surface area (Å²) in [4.78, 5) is 24.1. The number of hydrogen-bond acceptors (Lipinski definition) is 4. The quantitative estimate of drug-likeness (QED) is 0.862. The van der Waals surface area contributed by atoms with E-state index in [1.807, 2.05) is 19.9 Å². The number of rotatable bonds is 5. The summed E-state index contributed by atoms with van der Waals surface area (Å²) < 4.78 is 10.3. The first-order valence-corrected chi connectivity index (χ1v) is 7.06. The monoisotopic (exact) mass is 301 g/mol. The van der Waals surface area contributed by atoms with Gasteiger partial charge in [-0.05, 0) is 50.1 Å². The largest absolute Gasteiger partial charge is 0.467 e. The molecule has 1 heterocycles. The number of amides is 1. The molecule has 1 atom stereocenters. The summed E-state index contributed by atoms with van der Waals surface area (Å²) in [5.74, 6) is -0.224. The zero-order valence-electron chi connectivity index (χ0n) is 12.9. The Bertz CT molecular complexity index is 661. The fourth-order valence-corrected chi connectivity index (χ4v) is 1.98. The van der Waals surface area contributed by atoms with Crippen LogP contribution in [0, 0.1) is 13.8 Å². The number of carbonyl (C=O) groups excluding carboxylic acids is 2. The normalized spacial score (nSPS) is 11.8. The summed E-state index contributed by atoms with van der Waals surface area (Å²) in [6.45, 7) is 5.58. The number of furan rings is 1. The molecule has 22 heavy (non-hydrogen) atoms. The van der Waals surface area contributed by atoms with Crippen molar-refractivity contribution < 1.29 is 18.7 Å². The highest BCUT2D eigenvalue weighted by Gasteiger charge is 2.20. The maximum absolute atomic E-state index is 12.1. The lowest BCUT2D eigenvalue weighted by molar-refractivity contribution is -0.129. The van der Waals surface area contributed by atoms with Crippen LogP contribution in [0.1, 0.15) is 34.2 Å². The fraction of sp³-hybridized carbons (Fsp3) is 0.294. The van der Waals surface area contributed by atoms with Gasteiger partial charge in [-0.3, -0.25) is 4.79 Å². The van der Waals surface area contributed by atoms with Gasteiger partial charge >= 0.3 is 5.97 Å². The first-order valence-electron chi connectivity index (χ1n) is 7.06. The molecule has 0 aliphatic carbocycles. The second-order valence-corrected chi connectivity index (χ2v) is 5.09. The third-order valence-corrected chi connectivity index (χ3v) is 3.49. The average Bonchev–Trinajstić information content (AvgIpc) is 3.00. The summed E-state index contributed by atoms with van der Waals surface area (Å²) in [6, 6.07) is 8.91. The van der Waals surface area contributed by atoms with Gasteiger partial charge < -0.3 is 14.5 Å². The lowest BCUT2D eigenvalue weighted by atomic mass is 10.0. The van der Waals surface area contributed by atoms with Gasteiger partial charge in [0, 0.05) is 0 Å². The van der Waals surface area contributed by atoms with Crippen molar-refractivity contribution in [3.05, 3.63) is 59.0 Å². The molecule has 5 nitrogen and oxygen atoms in total. The van der Waals surface area contributed by atoms with Gasteiger partial charge in [0.2, 0.25) is 0 Å². The van der Waals surface area contributed by atoms with E-state index >= 15 is 0 Å². The maximum atomic E-state index is 12.1. The van der Waals surface area contributed by atoms with E-state index in [-0.39, 0.29) is 12.5 Å². The van der Waals surface area contributed by atoms with Crippen molar-refractivity contribution in [3.8, 4) is 0 Å².